The fourth-order valence-electron chi connectivity index (χ4n) is 0.761. The molecule has 2 rings (SSSR count). The molecule has 0 fully saturated rings. The molecule has 11 heavy (non-hydrogen) atoms. The summed E-state index contributed by atoms with van der Waals surface area (Å²) in [5, 5.41) is 4.27. The molecule has 0 aliphatic rings. The van der Waals surface area contributed by atoms with Crippen molar-refractivity contribution >= 4 is 33.2 Å². The van der Waals surface area contributed by atoms with Crippen LogP contribution in [0, 0.1) is 0 Å². The SMILES string of the molecule is Clc1ncnn2c(Br)cnc12. The highest BCUT2D eigenvalue weighted by atomic mass is 79.9. The Morgan fingerprint density at radius 1 is 1.45 bits per heavy atom. The number of fused-ring (bicyclic) bond motifs is 1. The lowest BCUT2D eigenvalue weighted by Gasteiger charge is -1.92. The zero-order valence-corrected chi connectivity index (χ0v) is 7.54. The van der Waals surface area contributed by atoms with E-state index in [2.05, 4.69) is 31.0 Å². The summed E-state index contributed by atoms with van der Waals surface area (Å²) in [6.07, 6.45) is 3.00. The minimum atomic E-state index is 0.353. The molecule has 2 aromatic rings. The van der Waals surface area contributed by atoms with Gasteiger partial charge >= 0.3 is 0 Å². The second kappa shape index (κ2) is 2.42. The van der Waals surface area contributed by atoms with E-state index in [4.69, 9.17) is 11.6 Å². The van der Waals surface area contributed by atoms with Gasteiger partial charge in [0.15, 0.2) is 10.8 Å². The molecule has 0 aromatic carbocycles. The van der Waals surface area contributed by atoms with Crippen molar-refractivity contribution in [1.82, 2.24) is 19.6 Å². The van der Waals surface area contributed by atoms with Gasteiger partial charge in [0.05, 0.1) is 6.20 Å². The molecular weight excluding hydrogens is 231 g/mol. The van der Waals surface area contributed by atoms with Crippen LogP contribution in [0.4, 0.5) is 0 Å². The monoisotopic (exact) mass is 232 g/mol. The lowest BCUT2D eigenvalue weighted by atomic mass is 10.8. The topological polar surface area (TPSA) is 43.1 Å². The Bertz CT molecular complexity index is 398. The maximum absolute atomic E-state index is 5.72. The number of imidazole rings is 1. The molecular formula is C5H2BrClN4. The fourth-order valence-corrected chi connectivity index (χ4v) is 1.30. The van der Waals surface area contributed by atoms with Crippen LogP contribution in [0.25, 0.3) is 5.65 Å². The third kappa shape index (κ3) is 1.00. The summed E-state index contributed by atoms with van der Waals surface area (Å²) in [6, 6.07) is 0. The molecule has 0 aliphatic carbocycles. The van der Waals surface area contributed by atoms with Crippen molar-refractivity contribution in [3.63, 3.8) is 0 Å². The molecule has 56 valence electrons. The van der Waals surface area contributed by atoms with Gasteiger partial charge in [-0.05, 0) is 15.9 Å². The second-order valence-corrected chi connectivity index (χ2v) is 3.04. The van der Waals surface area contributed by atoms with Crippen LogP contribution in [0.1, 0.15) is 0 Å². The normalized spacial score (nSPS) is 10.7. The standard InChI is InChI=1S/C5H2BrClN4/c6-3-1-8-5-4(7)9-2-10-11(3)5/h1-2H. The molecule has 0 atom stereocenters. The van der Waals surface area contributed by atoms with Gasteiger partial charge < -0.3 is 0 Å². The van der Waals surface area contributed by atoms with E-state index in [-0.39, 0.29) is 0 Å². The van der Waals surface area contributed by atoms with E-state index in [0.29, 0.717) is 10.8 Å². The van der Waals surface area contributed by atoms with Crippen molar-refractivity contribution in [3.8, 4) is 0 Å². The molecule has 6 heteroatoms. The lowest BCUT2D eigenvalue weighted by molar-refractivity contribution is 0.881. The van der Waals surface area contributed by atoms with E-state index in [1.54, 1.807) is 10.7 Å². The van der Waals surface area contributed by atoms with Gasteiger partial charge in [0.1, 0.15) is 10.9 Å². The molecule has 0 N–H and O–H groups in total. The Kier molecular flexibility index (Phi) is 1.54. The molecule has 0 bridgehead atoms. The van der Waals surface area contributed by atoms with Gasteiger partial charge in [-0.3, -0.25) is 0 Å². The average molecular weight is 233 g/mol. The molecule has 0 unspecified atom stereocenters. The summed E-state index contributed by atoms with van der Waals surface area (Å²) in [7, 11) is 0. The number of hydrogen-bond acceptors (Lipinski definition) is 3. The summed E-state index contributed by atoms with van der Waals surface area (Å²) >= 11 is 8.97. The average Bonchev–Trinajstić information content (AvgIpc) is 2.35. The van der Waals surface area contributed by atoms with Crippen molar-refractivity contribution in [2.45, 2.75) is 0 Å². The summed E-state index contributed by atoms with van der Waals surface area (Å²) in [6.45, 7) is 0. The van der Waals surface area contributed by atoms with Crippen LogP contribution in [-0.4, -0.2) is 19.6 Å². The molecule has 4 nitrogen and oxygen atoms in total. The van der Waals surface area contributed by atoms with Gasteiger partial charge in [-0.1, -0.05) is 11.6 Å². The van der Waals surface area contributed by atoms with E-state index in [1.807, 2.05) is 0 Å². The maximum atomic E-state index is 5.72. The van der Waals surface area contributed by atoms with E-state index >= 15 is 0 Å². The molecule has 0 amide bonds. The molecule has 0 saturated carbocycles. The first-order valence-electron chi connectivity index (χ1n) is 2.79. The maximum Gasteiger partial charge on any atom is 0.192 e. The van der Waals surface area contributed by atoms with Crippen LogP contribution in [-0.2, 0) is 0 Å². The smallest absolute Gasteiger partial charge is 0.192 e. The fraction of sp³-hybridized carbons (Fsp3) is 0. The van der Waals surface area contributed by atoms with Crippen molar-refractivity contribution in [2.75, 3.05) is 0 Å². The zero-order chi connectivity index (χ0) is 7.84. The molecule has 0 radical (unpaired) electrons. The molecule has 0 saturated heterocycles. The highest BCUT2D eigenvalue weighted by Crippen LogP contribution is 2.15. The third-order valence-electron chi connectivity index (χ3n) is 1.22. The third-order valence-corrected chi connectivity index (χ3v) is 2.03. The van der Waals surface area contributed by atoms with Crippen LogP contribution < -0.4 is 0 Å². The first-order chi connectivity index (χ1) is 5.29. The van der Waals surface area contributed by atoms with Gasteiger partial charge in [-0.2, -0.15) is 5.10 Å². The molecule has 2 aromatic heterocycles. The highest BCUT2D eigenvalue weighted by Gasteiger charge is 2.04. The van der Waals surface area contributed by atoms with Crippen molar-refractivity contribution in [1.29, 1.82) is 0 Å². The van der Waals surface area contributed by atoms with Gasteiger partial charge in [-0.25, -0.2) is 14.5 Å². The second-order valence-electron chi connectivity index (χ2n) is 1.87. The summed E-state index contributed by atoms with van der Waals surface area (Å²) < 4.78 is 2.33. The zero-order valence-electron chi connectivity index (χ0n) is 5.20. The van der Waals surface area contributed by atoms with Crippen molar-refractivity contribution in [2.24, 2.45) is 0 Å². The van der Waals surface area contributed by atoms with E-state index in [0.717, 1.165) is 4.60 Å². The Hall–Kier alpha value is -0.680. The first kappa shape index (κ1) is 7.00. The van der Waals surface area contributed by atoms with Gasteiger partial charge in [0.2, 0.25) is 0 Å². The minimum absolute atomic E-state index is 0.353. The van der Waals surface area contributed by atoms with Crippen LogP contribution in [0.15, 0.2) is 17.1 Å². The number of rotatable bonds is 0. The summed E-state index contributed by atoms with van der Waals surface area (Å²) in [5.41, 5.74) is 0.557. The first-order valence-corrected chi connectivity index (χ1v) is 3.96. The van der Waals surface area contributed by atoms with Gasteiger partial charge in [-0.15, -0.1) is 0 Å². The predicted molar refractivity (Wildman–Crippen MR) is 43.5 cm³/mol. The molecule has 0 spiro atoms. The Balaban J connectivity index is 2.94. The van der Waals surface area contributed by atoms with E-state index < -0.39 is 0 Å². The molecule has 0 aliphatic heterocycles. The number of hydrogen-bond donors (Lipinski definition) is 0. The number of aromatic nitrogens is 4. The lowest BCUT2D eigenvalue weighted by Crippen LogP contribution is -1.93. The van der Waals surface area contributed by atoms with Crippen molar-refractivity contribution in [3.05, 3.63) is 22.3 Å². The quantitative estimate of drug-likeness (QED) is 0.693. The predicted octanol–water partition coefficient (Wildman–Crippen LogP) is 1.54. The Labute approximate surface area is 75.3 Å². The van der Waals surface area contributed by atoms with Crippen LogP contribution in [0.5, 0.6) is 0 Å². The van der Waals surface area contributed by atoms with Gasteiger partial charge in [0, 0.05) is 0 Å². The summed E-state index contributed by atoms with van der Waals surface area (Å²) in [5.74, 6) is 0. The Morgan fingerprint density at radius 3 is 3.00 bits per heavy atom. The van der Waals surface area contributed by atoms with Crippen LogP contribution >= 0.6 is 27.5 Å². The summed E-state index contributed by atoms with van der Waals surface area (Å²) in [4.78, 5) is 7.75. The largest absolute Gasteiger partial charge is 0.232 e. The number of nitrogens with zero attached hydrogens (tertiary/aromatic N) is 4. The molecule has 2 heterocycles. The Morgan fingerprint density at radius 2 is 2.27 bits per heavy atom. The highest BCUT2D eigenvalue weighted by molar-refractivity contribution is 9.10. The number of halogens is 2. The van der Waals surface area contributed by atoms with Crippen LogP contribution in [0.2, 0.25) is 5.15 Å². The van der Waals surface area contributed by atoms with Crippen LogP contribution in [0.3, 0.4) is 0 Å². The van der Waals surface area contributed by atoms with Gasteiger partial charge in [0.25, 0.3) is 0 Å². The van der Waals surface area contributed by atoms with Crippen molar-refractivity contribution < 1.29 is 0 Å². The van der Waals surface area contributed by atoms with E-state index in [1.165, 1.54) is 6.33 Å². The minimum Gasteiger partial charge on any atom is -0.232 e. The van der Waals surface area contributed by atoms with E-state index in [9.17, 15) is 0 Å².